The van der Waals surface area contributed by atoms with Crippen molar-refractivity contribution in [1.82, 2.24) is 14.7 Å². The van der Waals surface area contributed by atoms with Crippen LogP contribution >= 0.6 is 0 Å². The van der Waals surface area contributed by atoms with Crippen LogP contribution < -0.4 is 4.90 Å². The number of hydrogen-bond donors (Lipinski definition) is 1. The molecule has 0 saturated carbocycles. The standard InChI is InChI=1S/C22H30N4O2/c1-17-5-2-3-7-21(17)24-12-8-19(9-13-24)25-11-4-6-18(15-25)20-10-14-26(23-20)16-22(27)28/h2-3,5,7,10,14,18-19H,4,6,8-9,11-13,15-16H2,1H3,(H,27,28). The van der Waals surface area contributed by atoms with Gasteiger partial charge in [0.25, 0.3) is 0 Å². The molecule has 3 heterocycles. The molecule has 4 rings (SSSR count). The number of benzene rings is 1. The van der Waals surface area contributed by atoms with Gasteiger partial charge in [-0.25, -0.2) is 0 Å². The van der Waals surface area contributed by atoms with Crippen molar-refractivity contribution in [3.05, 3.63) is 47.8 Å². The summed E-state index contributed by atoms with van der Waals surface area (Å²) in [5, 5.41) is 13.5. The first-order chi connectivity index (χ1) is 13.6. The van der Waals surface area contributed by atoms with Gasteiger partial charge in [0.05, 0.1) is 5.69 Å². The van der Waals surface area contributed by atoms with Crippen LogP contribution in [0.3, 0.4) is 0 Å². The Morgan fingerprint density at radius 2 is 1.93 bits per heavy atom. The second-order valence-electron chi connectivity index (χ2n) is 8.17. The number of aryl methyl sites for hydroxylation is 1. The maximum atomic E-state index is 10.9. The Morgan fingerprint density at radius 3 is 2.68 bits per heavy atom. The monoisotopic (exact) mass is 382 g/mol. The summed E-state index contributed by atoms with van der Waals surface area (Å²) in [6, 6.07) is 11.3. The number of hydrogen-bond acceptors (Lipinski definition) is 4. The van der Waals surface area contributed by atoms with Gasteiger partial charge in [-0.15, -0.1) is 0 Å². The first kappa shape index (κ1) is 19.0. The molecule has 2 fully saturated rings. The number of nitrogens with zero attached hydrogens (tertiary/aromatic N) is 4. The van der Waals surface area contributed by atoms with E-state index < -0.39 is 5.97 Å². The summed E-state index contributed by atoms with van der Waals surface area (Å²) in [6.07, 6.45) is 6.53. The van der Waals surface area contributed by atoms with E-state index in [0.717, 1.165) is 31.7 Å². The second-order valence-corrected chi connectivity index (χ2v) is 8.17. The topological polar surface area (TPSA) is 61.6 Å². The molecule has 1 aromatic heterocycles. The highest BCUT2D eigenvalue weighted by Crippen LogP contribution is 2.31. The molecule has 1 N–H and O–H groups in total. The zero-order valence-corrected chi connectivity index (χ0v) is 16.6. The van der Waals surface area contributed by atoms with E-state index in [2.05, 4.69) is 46.1 Å². The lowest BCUT2D eigenvalue weighted by Crippen LogP contribution is -2.48. The van der Waals surface area contributed by atoms with Gasteiger partial charge in [-0.3, -0.25) is 14.4 Å². The molecular weight excluding hydrogens is 352 g/mol. The number of likely N-dealkylation sites (tertiary alicyclic amines) is 1. The number of aromatic nitrogens is 2. The summed E-state index contributed by atoms with van der Waals surface area (Å²) in [5.41, 5.74) is 3.78. The van der Waals surface area contributed by atoms with Crippen molar-refractivity contribution < 1.29 is 9.90 Å². The molecule has 0 aliphatic carbocycles. The van der Waals surface area contributed by atoms with Crippen LogP contribution in [0.5, 0.6) is 0 Å². The lowest BCUT2D eigenvalue weighted by atomic mass is 9.91. The highest BCUT2D eigenvalue weighted by molar-refractivity contribution is 5.66. The van der Waals surface area contributed by atoms with E-state index in [1.165, 1.54) is 41.7 Å². The fourth-order valence-electron chi connectivity index (χ4n) is 4.79. The largest absolute Gasteiger partial charge is 0.480 e. The van der Waals surface area contributed by atoms with Crippen LogP contribution in [0.25, 0.3) is 0 Å². The highest BCUT2D eigenvalue weighted by Gasteiger charge is 2.30. The lowest BCUT2D eigenvalue weighted by molar-refractivity contribution is -0.137. The van der Waals surface area contributed by atoms with Crippen molar-refractivity contribution in [2.75, 3.05) is 31.1 Å². The molecule has 2 aliphatic heterocycles. The average molecular weight is 383 g/mol. The number of carboxylic acids is 1. The number of para-hydroxylation sites is 1. The third-order valence-corrected chi connectivity index (χ3v) is 6.27. The van der Waals surface area contributed by atoms with Crippen LogP contribution in [0, 0.1) is 6.92 Å². The molecule has 2 saturated heterocycles. The molecule has 2 aliphatic rings. The Balaban J connectivity index is 1.35. The van der Waals surface area contributed by atoms with Crippen LogP contribution in [0.2, 0.25) is 0 Å². The fraction of sp³-hybridized carbons (Fsp3) is 0.545. The van der Waals surface area contributed by atoms with Crippen LogP contribution in [0.1, 0.15) is 42.9 Å². The van der Waals surface area contributed by atoms with E-state index in [4.69, 9.17) is 5.11 Å². The number of anilines is 1. The van der Waals surface area contributed by atoms with E-state index in [1.54, 1.807) is 6.20 Å². The molecule has 0 radical (unpaired) electrons. The van der Waals surface area contributed by atoms with Gasteiger partial charge in [0, 0.05) is 43.5 Å². The summed E-state index contributed by atoms with van der Waals surface area (Å²) < 4.78 is 1.54. The van der Waals surface area contributed by atoms with Crippen molar-refractivity contribution in [2.45, 2.75) is 51.1 Å². The molecule has 0 bridgehead atoms. The summed E-state index contributed by atoms with van der Waals surface area (Å²) in [7, 11) is 0. The van der Waals surface area contributed by atoms with Crippen LogP contribution in [0.15, 0.2) is 36.5 Å². The Bertz CT molecular complexity index is 810. The lowest BCUT2D eigenvalue weighted by Gasteiger charge is -2.43. The molecule has 0 spiro atoms. The molecule has 1 atom stereocenters. The number of piperidine rings is 2. The fourth-order valence-corrected chi connectivity index (χ4v) is 4.79. The second kappa shape index (κ2) is 8.35. The third kappa shape index (κ3) is 4.22. The van der Waals surface area contributed by atoms with Crippen molar-refractivity contribution in [3.63, 3.8) is 0 Å². The summed E-state index contributed by atoms with van der Waals surface area (Å²) in [6.45, 7) is 6.57. The molecule has 6 nitrogen and oxygen atoms in total. The van der Waals surface area contributed by atoms with Gasteiger partial charge in [0.15, 0.2) is 0 Å². The van der Waals surface area contributed by atoms with Crippen molar-refractivity contribution in [3.8, 4) is 0 Å². The normalized spacial score (nSPS) is 21.8. The molecule has 0 amide bonds. The van der Waals surface area contributed by atoms with Gasteiger partial charge in [-0.05, 0) is 56.8 Å². The minimum absolute atomic E-state index is 0.0617. The SMILES string of the molecule is Cc1ccccc1N1CCC(N2CCCC(c3ccn(CC(=O)O)n3)C2)CC1. The van der Waals surface area contributed by atoms with Gasteiger partial charge >= 0.3 is 5.97 Å². The van der Waals surface area contributed by atoms with Crippen molar-refractivity contribution in [2.24, 2.45) is 0 Å². The maximum absolute atomic E-state index is 10.9. The summed E-state index contributed by atoms with van der Waals surface area (Å²) >= 11 is 0. The zero-order valence-electron chi connectivity index (χ0n) is 16.6. The van der Waals surface area contributed by atoms with Gasteiger partial charge in [0.2, 0.25) is 0 Å². The molecule has 6 heteroatoms. The van der Waals surface area contributed by atoms with Gasteiger partial charge in [0.1, 0.15) is 6.54 Å². The predicted molar refractivity (Wildman–Crippen MR) is 110 cm³/mol. The minimum atomic E-state index is -0.847. The Hall–Kier alpha value is -2.34. The smallest absolute Gasteiger partial charge is 0.325 e. The summed E-state index contributed by atoms with van der Waals surface area (Å²) in [5.74, 6) is -0.432. The Morgan fingerprint density at radius 1 is 1.14 bits per heavy atom. The van der Waals surface area contributed by atoms with Crippen molar-refractivity contribution in [1.29, 1.82) is 0 Å². The van der Waals surface area contributed by atoms with Gasteiger partial charge in [-0.2, -0.15) is 5.10 Å². The van der Waals surface area contributed by atoms with Gasteiger partial charge in [-0.1, -0.05) is 18.2 Å². The molecule has 1 aromatic carbocycles. The van der Waals surface area contributed by atoms with E-state index in [9.17, 15) is 4.79 Å². The van der Waals surface area contributed by atoms with E-state index in [0.29, 0.717) is 12.0 Å². The molecule has 28 heavy (non-hydrogen) atoms. The first-order valence-corrected chi connectivity index (χ1v) is 10.4. The number of aliphatic carboxylic acids is 1. The van der Waals surface area contributed by atoms with Crippen LogP contribution in [0.4, 0.5) is 5.69 Å². The van der Waals surface area contributed by atoms with Crippen molar-refractivity contribution >= 4 is 11.7 Å². The van der Waals surface area contributed by atoms with Crippen LogP contribution in [-0.4, -0.2) is 58.0 Å². The predicted octanol–water partition coefficient (Wildman–Crippen LogP) is 3.12. The average Bonchev–Trinajstić information content (AvgIpc) is 3.16. The number of carbonyl (C=O) groups is 1. The molecule has 150 valence electrons. The zero-order chi connectivity index (χ0) is 19.5. The Labute approximate surface area is 166 Å². The van der Waals surface area contributed by atoms with Gasteiger partial charge < -0.3 is 10.0 Å². The van der Waals surface area contributed by atoms with E-state index in [-0.39, 0.29) is 6.54 Å². The highest BCUT2D eigenvalue weighted by atomic mass is 16.4. The van der Waals surface area contributed by atoms with E-state index >= 15 is 0 Å². The Kier molecular flexibility index (Phi) is 5.67. The molecule has 2 aromatic rings. The minimum Gasteiger partial charge on any atom is -0.480 e. The number of carboxylic acid groups (broad SMARTS) is 1. The molecule has 1 unspecified atom stereocenters. The van der Waals surface area contributed by atoms with Crippen LogP contribution in [-0.2, 0) is 11.3 Å². The maximum Gasteiger partial charge on any atom is 0.325 e. The quantitative estimate of drug-likeness (QED) is 0.861. The van der Waals surface area contributed by atoms with E-state index in [1.807, 2.05) is 6.07 Å². The third-order valence-electron chi connectivity index (χ3n) is 6.27. The molecular formula is C22H30N4O2. The number of rotatable bonds is 5. The summed E-state index contributed by atoms with van der Waals surface area (Å²) in [4.78, 5) is 16.1. The first-order valence-electron chi connectivity index (χ1n) is 10.4.